The molecule has 0 spiro atoms. The molecule has 2 aromatic heterocycles. The molecule has 2 heterocycles. The molecular weight excluding hydrogens is 442 g/mol. The lowest BCUT2D eigenvalue weighted by atomic mass is 10.2. The maximum atomic E-state index is 12.9. The Morgan fingerprint density at radius 3 is 2.61 bits per heavy atom. The Morgan fingerprint density at radius 1 is 1.10 bits per heavy atom. The van der Waals surface area contributed by atoms with Crippen LogP contribution in [0.3, 0.4) is 0 Å². The summed E-state index contributed by atoms with van der Waals surface area (Å²) in [6.07, 6.45) is 0. The van der Waals surface area contributed by atoms with Gasteiger partial charge in [-0.25, -0.2) is 0 Å². The van der Waals surface area contributed by atoms with Gasteiger partial charge >= 0.3 is 5.97 Å². The molecule has 0 atom stereocenters. The number of thiophene rings is 1. The van der Waals surface area contributed by atoms with E-state index in [9.17, 15) is 19.7 Å². The van der Waals surface area contributed by atoms with E-state index in [0.717, 1.165) is 14.9 Å². The Bertz CT molecular complexity index is 1420. The number of carbonyl (C=O) groups excluding carboxylic acids is 2. The number of rotatable bonds is 5. The molecule has 4 aromatic rings. The number of fused-ring (bicyclic) bond motifs is 2. The van der Waals surface area contributed by atoms with Crippen molar-refractivity contribution in [1.29, 1.82) is 0 Å². The van der Waals surface area contributed by atoms with Crippen molar-refractivity contribution in [3.63, 3.8) is 0 Å². The van der Waals surface area contributed by atoms with Crippen LogP contribution in [0.5, 0.6) is 5.75 Å². The van der Waals surface area contributed by atoms with Crippen molar-refractivity contribution in [2.24, 2.45) is 4.99 Å². The predicted molar refractivity (Wildman–Crippen MR) is 117 cm³/mol. The summed E-state index contributed by atoms with van der Waals surface area (Å²) in [6.45, 7) is -0.104. The minimum Gasteiger partial charge on any atom is -0.497 e. The van der Waals surface area contributed by atoms with E-state index in [1.165, 1.54) is 41.9 Å². The highest BCUT2D eigenvalue weighted by molar-refractivity contribution is 7.21. The zero-order valence-electron chi connectivity index (χ0n) is 16.4. The van der Waals surface area contributed by atoms with Crippen LogP contribution in [0.15, 0.2) is 47.5 Å². The number of carbonyl (C=O) groups is 2. The number of hydrogen-bond acceptors (Lipinski definition) is 8. The molecule has 2 aromatic carbocycles. The Labute approximate surface area is 182 Å². The number of ether oxygens (including phenoxy) is 2. The highest BCUT2D eigenvalue weighted by Crippen LogP contribution is 2.29. The van der Waals surface area contributed by atoms with E-state index in [4.69, 9.17) is 9.47 Å². The van der Waals surface area contributed by atoms with E-state index in [0.29, 0.717) is 20.8 Å². The van der Waals surface area contributed by atoms with Gasteiger partial charge in [0.1, 0.15) is 12.3 Å². The molecule has 9 nitrogen and oxygen atoms in total. The van der Waals surface area contributed by atoms with Crippen molar-refractivity contribution in [2.75, 3.05) is 14.2 Å². The van der Waals surface area contributed by atoms with E-state index in [1.54, 1.807) is 42.0 Å². The number of hydrogen-bond donors (Lipinski definition) is 0. The Hall–Kier alpha value is -3.57. The van der Waals surface area contributed by atoms with Crippen molar-refractivity contribution in [2.45, 2.75) is 6.54 Å². The van der Waals surface area contributed by atoms with Crippen LogP contribution < -0.4 is 9.54 Å². The second-order valence-corrected chi connectivity index (χ2v) is 8.48. The van der Waals surface area contributed by atoms with Crippen LogP contribution in [0.25, 0.3) is 20.3 Å². The third-order valence-electron chi connectivity index (χ3n) is 4.52. The van der Waals surface area contributed by atoms with Crippen LogP contribution in [-0.4, -0.2) is 35.6 Å². The molecule has 0 aliphatic heterocycles. The van der Waals surface area contributed by atoms with Gasteiger partial charge in [0.25, 0.3) is 11.6 Å². The monoisotopic (exact) mass is 457 g/mol. The average Bonchev–Trinajstić information content (AvgIpc) is 3.34. The number of esters is 1. The van der Waals surface area contributed by atoms with Gasteiger partial charge in [0.15, 0.2) is 4.80 Å². The molecule has 0 N–H and O–H groups in total. The molecule has 0 fully saturated rings. The third kappa shape index (κ3) is 4.05. The highest BCUT2D eigenvalue weighted by atomic mass is 32.1. The molecule has 4 rings (SSSR count). The van der Waals surface area contributed by atoms with E-state index in [1.807, 2.05) is 0 Å². The molecule has 158 valence electrons. The summed E-state index contributed by atoms with van der Waals surface area (Å²) in [5.74, 6) is -0.331. The molecule has 0 aliphatic rings. The van der Waals surface area contributed by atoms with Crippen molar-refractivity contribution < 1.29 is 24.0 Å². The zero-order chi connectivity index (χ0) is 22.1. The maximum absolute atomic E-state index is 12.9. The van der Waals surface area contributed by atoms with Gasteiger partial charge < -0.3 is 14.0 Å². The van der Waals surface area contributed by atoms with E-state index in [2.05, 4.69) is 4.99 Å². The SMILES string of the molecule is COC(=O)Cn1c(=NC(=O)c2cc3cc([N+](=O)[O-])ccc3s2)sc2cc(OC)ccc21. The van der Waals surface area contributed by atoms with Gasteiger partial charge in [0.2, 0.25) is 0 Å². The topological polar surface area (TPSA) is 113 Å². The predicted octanol–water partition coefficient (Wildman–Crippen LogP) is 3.75. The first kappa shape index (κ1) is 20.7. The molecular formula is C20H15N3O6S2. The second-order valence-electron chi connectivity index (χ2n) is 6.39. The Morgan fingerprint density at radius 2 is 1.90 bits per heavy atom. The number of nitro benzene ring substituents is 1. The van der Waals surface area contributed by atoms with E-state index >= 15 is 0 Å². The lowest BCUT2D eigenvalue weighted by Gasteiger charge is -2.04. The van der Waals surface area contributed by atoms with Gasteiger partial charge in [-0.05, 0) is 30.3 Å². The Kier molecular flexibility index (Phi) is 5.53. The summed E-state index contributed by atoms with van der Waals surface area (Å²) in [5.41, 5.74) is 0.672. The van der Waals surface area contributed by atoms with Gasteiger partial charge in [0.05, 0.1) is 34.2 Å². The number of non-ortho nitro benzene ring substituents is 1. The van der Waals surface area contributed by atoms with Gasteiger partial charge in [0, 0.05) is 22.2 Å². The van der Waals surface area contributed by atoms with E-state index in [-0.39, 0.29) is 12.2 Å². The minimum atomic E-state index is -0.499. The summed E-state index contributed by atoms with van der Waals surface area (Å²) in [6, 6.07) is 11.4. The second kappa shape index (κ2) is 8.28. The lowest BCUT2D eigenvalue weighted by Crippen LogP contribution is -2.22. The summed E-state index contributed by atoms with van der Waals surface area (Å²) < 4.78 is 13.2. The van der Waals surface area contributed by atoms with Gasteiger partial charge in [-0.15, -0.1) is 11.3 Å². The van der Waals surface area contributed by atoms with Gasteiger partial charge in [-0.2, -0.15) is 4.99 Å². The molecule has 0 radical (unpaired) electrons. The zero-order valence-corrected chi connectivity index (χ0v) is 18.0. The van der Waals surface area contributed by atoms with Crippen LogP contribution in [0, 0.1) is 10.1 Å². The molecule has 0 saturated carbocycles. The van der Waals surface area contributed by atoms with Crippen molar-refractivity contribution in [3.05, 3.63) is 62.3 Å². The summed E-state index contributed by atoms with van der Waals surface area (Å²) in [7, 11) is 2.84. The Balaban J connectivity index is 1.81. The van der Waals surface area contributed by atoms with E-state index < -0.39 is 16.8 Å². The summed E-state index contributed by atoms with van der Waals surface area (Å²) >= 11 is 2.45. The fourth-order valence-corrected chi connectivity index (χ4v) is 4.99. The molecule has 0 saturated heterocycles. The number of nitrogens with zero attached hydrogens (tertiary/aromatic N) is 3. The average molecular weight is 457 g/mol. The number of nitro groups is 1. The number of aromatic nitrogens is 1. The number of thiazole rings is 1. The summed E-state index contributed by atoms with van der Waals surface area (Å²) in [5, 5.41) is 11.6. The summed E-state index contributed by atoms with van der Waals surface area (Å²) in [4.78, 5) is 40.2. The largest absolute Gasteiger partial charge is 0.497 e. The van der Waals surface area contributed by atoms with Crippen LogP contribution in [0.1, 0.15) is 9.67 Å². The highest BCUT2D eigenvalue weighted by Gasteiger charge is 2.16. The smallest absolute Gasteiger partial charge is 0.325 e. The van der Waals surface area contributed by atoms with Crippen LogP contribution >= 0.6 is 22.7 Å². The van der Waals surface area contributed by atoms with Crippen molar-refractivity contribution >= 4 is 60.5 Å². The first-order chi connectivity index (χ1) is 14.9. The van der Waals surface area contributed by atoms with Crippen LogP contribution in [0.4, 0.5) is 5.69 Å². The number of amides is 1. The fraction of sp³-hybridized carbons (Fsp3) is 0.150. The molecule has 31 heavy (non-hydrogen) atoms. The number of benzene rings is 2. The maximum Gasteiger partial charge on any atom is 0.325 e. The van der Waals surface area contributed by atoms with Gasteiger partial charge in [-0.1, -0.05) is 11.3 Å². The van der Waals surface area contributed by atoms with Crippen molar-refractivity contribution in [1.82, 2.24) is 4.57 Å². The molecule has 11 heteroatoms. The molecule has 0 unspecified atom stereocenters. The first-order valence-corrected chi connectivity index (χ1v) is 10.5. The third-order valence-corrected chi connectivity index (χ3v) is 6.67. The molecule has 0 aliphatic carbocycles. The fourth-order valence-electron chi connectivity index (χ4n) is 3.00. The standard InChI is InChI=1S/C20H15N3O6S2/c1-28-13-4-5-14-16(9-13)31-20(22(14)10-18(24)29-2)21-19(25)17-8-11-7-12(23(26)27)3-6-15(11)30-17/h3-9H,10H2,1-2H3. The van der Waals surface area contributed by atoms with Crippen molar-refractivity contribution in [3.8, 4) is 5.75 Å². The van der Waals surface area contributed by atoms with Crippen LogP contribution in [-0.2, 0) is 16.1 Å². The molecule has 0 bridgehead atoms. The van der Waals surface area contributed by atoms with Gasteiger partial charge in [-0.3, -0.25) is 19.7 Å². The van der Waals surface area contributed by atoms with Crippen LogP contribution in [0.2, 0.25) is 0 Å². The number of methoxy groups -OCH3 is 2. The minimum absolute atomic E-state index is 0.0457. The quantitative estimate of drug-likeness (QED) is 0.256. The lowest BCUT2D eigenvalue weighted by molar-refractivity contribution is -0.384. The first-order valence-electron chi connectivity index (χ1n) is 8.91. The normalized spacial score (nSPS) is 11.7. The molecule has 1 amide bonds.